The minimum Gasteiger partial charge on any atom is -0.460 e. The van der Waals surface area contributed by atoms with Crippen LogP contribution in [0.4, 0.5) is 0 Å². The van der Waals surface area contributed by atoms with Gasteiger partial charge in [-0.15, -0.1) is 0 Å². The monoisotopic (exact) mass is 228 g/mol. The summed E-state index contributed by atoms with van der Waals surface area (Å²) in [6.45, 7) is 4.81. The number of carbonyl (C=O) groups excluding carboxylic acids is 3. The second-order valence-electron chi connectivity index (χ2n) is 2.71. The predicted octanol–water partition coefficient (Wildman–Crippen LogP) is -0.276. The molecule has 0 aromatic carbocycles. The Balaban J connectivity index is 0.000000288. The lowest BCUT2D eigenvalue weighted by Crippen LogP contribution is -2.08. The van der Waals surface area contributed by atoms with Crippen LogP contribution in [0.15, 0.2) is 24.3 Å². The minimum absolute atomic E-state index is 0.0473. The SMILES string of the molecule is C=C(C)C(=O)OCCO.O=C1C=CC(=O)O1. The standard InChI is InChI=1S/C6H10O3.C4H2O3/c1-5(2)6(8)9-4-3-7;5-3-1-2-4(6)7-3/h7H,1,3-4H2,2H3;1-2H. The first-order valence-corrected chi connectivity index (χ1v) is 4.34. The zero-order valence-electron chi connectivity index (χ0n) is 8.76. The summed E-state index contributed by atoms with van der Waals surface area (Å²) >= 11 is 0. The first-order valence-electron chi connectivity index (χ1n) is 4.34. The number of aliphatic hydroxyl groups excluding tert-OH is 1. The highest BCUT2D eigenvalue weighted by molar-refractivity contribution is 6.04. The summed E-state index contributed by atoms with van der Waals surface area (Å²) < 4.78 is 8.44. The maximum Gasteiger partial charge on any atom is 0.338 e. The Bertz CT molecular complexity index is 312. The van der Waals surface area contributed by atoms with E-state index in [-0.39, 0.29) is 13.2 Å². The number of esters is 3. The Kier molecular flexibility index (Phi) is 6.46. The summed E-state index contributed by atoms with van der Waals surface area (Å²) in [4.78, 5) is 30.3. The Morgan fingerprint density at radius 2 is 1.94 bits per heavy atom. The maximum absolute atomic E-state index is 10.5. The van der Waals surface area contributed by atoms with Crippen molar-refractivity contribution in [3.63, 3.8) is 0 Å². The Labute approximate surface area is 92.2 Å². The molecule has 0 radical (unpaired) electrons. The van der Waals surface area contributed by atoms with E-state index in [0.717, 1.165) is 12.2 Å². The molecule has 1 heterocycles. The van der Waals surface area contributed by atoms with Crippen molar-refractivity contribution < 1.29 is 29.0 Å². The van der Waals surface area contributed by atoms with Gasteiger partial charge in [-0.3, -0.25) is 0 Å². The molecule has 88 valence electrons. The number of hydrogen-bond acceptors (Lipinski definition) is 6. The van der Waals surface area contributed by atoms with Crippen LogP contribution in [-0.2, 0) is 23.9 Å². The van der Waals surface area contributed by atoms with Gasteiger partial charge in [0.25, 0.3) is 0 Å². The van der Waals surface area contributed by atoms with Crippen molar-refractivity contribution in [3.05, 3.63) is 24.3 Å². The molecule has 6 nitrogen and oxygen atoms in total. The molecule has 1 aliphatic rings. The highest BCUT2D eigenvalue weighted by atomic mass is 16.6. The van der Waals surface area contributed by atoms with Crippen LogP contribution in [-0.4, -0.2) is 36.2 Å². The molecule has 0 unspecified atom stereocenters. The molecule has 0 saturated carbocycles. The van der Waals surface area contributed by atoms with Crippen molar-refractivity contribution in [2.75, 3.05) is 13.2 Å². The average Bonchev–Trinajstić information content (AvgIpc) is 2.59. The van der Waals surface area contributed by atoms with Gasteiger partial charge in [0, 0.05) is 17.7 Å². The molecule has 0 spiro atoms. The van der Waals surface area contributed by atoms with Gasteiger partial charge in [-0.2, -0.15) is 0 Å². The Morgan fingerprint density at radius 3 is 2.19 bits per heavy atom. The fourth-order valence-electron chi connectivity index (χ4n) is 0.565. The van der Waals surface area contributed by atoms with Gasteiger partial charge in [0.2, 0.25) is 0 Å². The summed E-state index contributed by atoms with van der Waals surface area (Å²) in [5.74, 6) is -1.61. The first kappa shape index (κ1) is 14.1. The predicted molar refractivity (Wildman–Crippen MR) is 53.1 cm³/mol. The number of rotatable bonds is 3. The molecule has 0 aliphatic carbocycles. The van der Waals surface area contributed by atoms with Crippen LogP contribution in [0.1, 0.15) is 6.92 Å². The van der Waals surface area contributed by atoms with Crippen molar-refractivity contribution in [1.82, 2.24) is 0 Å². The number of carbonyl (C=O) groups is 3. The number of aliphatic hydroxyl groups is 1. The van der Waals surface area contributed by atoms with E-state index in [2.05, 4.69) is 16.1 Å². The van der Waals surface area contributed by atoms with E-state index in [0.29, 0.717) is 5.57 Å². The number of cyclic esters (lactones) is 2. The van der Waals surface area contributed by atoms with Crippen molar-refractivity contribution in [2.24, 2.45) is 0 Å². The number of ether oxygens (including phenoxy) is 2. The van der Waals surface area contributed by atoms with Gasteiger partial charge < -0.3 is 14.6 Å². The largest absolute Gasteiger partial charge is 0.460 e. The highest BCUT2D eigenvalue weighted by Crippen LogP contribution is 1.92. The van der Waals surface area contributed by atoms with Gasteiger partial charge in [-0.05, 0) is 6.92 Å². The van der Waals surface area contributed by atoms with E-state index in [4.69, 9.17) is 5.11 Å². The van der Waals surface area contributed by atoms with Crippen LogP contribution in [0.3, 0.4) is 0 Å². The van der Waals surface area contributed by atoms with Gasteiger partial charge in [0.05, 0.1) is 6.61 Å². The molecule has 0 saturated heterocycles. The van der Waals surface area contributed by atoms with Crippen LogP contribution in [0.25, 0.3) is 0 Å². The van der Waals surface area contributed by atoms with Crippen molar-refractivity contribution in [2.45, 2.75) is 6.92 Å². The zero-order valence-corrected chi connectivity index (χ0v) is 8.76. The summed E-state index contributed by atoms with van der Waals surface area (Å²) in [6.07, 6.45) is 2.17. The lowest BCUT2D eigenvalue weighted by Gasteiger charge is -1.99. The van der Waals surface area contributed by atoms with Crippen LogP contribution in [0.5, 0.6) is 0 Å². The zero-order chi connectivity index (χ0) is 12.6. The minimum atomic E-state index is -0.579. The van der Waals surface area contributed by atoms with Crippen molar-refractivity contribution in [3.8, 4) is 0 Å². The van der Waals surface area contributed by atoms with E-state index < -0.39 is 17.9 Å². The third-order valence-electron chi connectivity index (χ3n) is 1.23. The molecule has 1 N–H and O–H groups in total. The lowest BCUT2D eigenvalue weighted by atomic mass is 10.4. The quantitative estimate of drug-likeness (QED) is 0.406. The molecule has 0 bridgehead atoms. The second-order valence-corrected chi connectivity index (χ2v) is 2.71. The summed E-state index contributed by atoms with van der Waals surface area (Å²) in [6, 6.07) is 0. The molecule has 0 fully saturated rings. The van der Waals surface area contributed by atoms with Crippen LogP contribution in [0.2, 0.25) is 0 Å². The van der Waals surface area contributed by atoms with Gasteiger partial charge in [-0.25, -0.2) is 14.4 Å². The molecule has 1 rings (SSSR count). The van der Waals surface area contributed by atoms with Gasteiger partial charge in [-0.1, -0.05) is 6.58 Å². The fourth-order valence-corrected chi connectivity index (χ4v) is 0.565. The highest BCUT2D eigenvalue weighted by Gasteiger charge is 2.10. The smallest absolute Gasteiger partial charge is 0.338 e. The fraction of sp³-hybridized carbons (Fsp3) is 0.300. The maximum atomic E-state index is 10.5. The molecule has 6 heteroatoms. The number of hydrogen-bond donors (Lipinski definition) is 1. The molecular weight excluding hydrogens is 216 g/mol. The normalized spacial score (nSPS) is 12.6. The molecule has 1 aliphatic heterocycles. The van der Waals surface area contributed by atoms with E-state index >= 15 is 0 Å². The van der Waals surface area contributed by atoms with E-state index in [1.807, 2.05) is 0 Å². The average molecular weight is 228 g/mol. The third kappa shape index (κ3) is 6.50. The summed E-state index contributed by atoms with van der Waals surface area (Å²) in [7, 11) is 0. The Morgan fingerprint density at radius 1 is 1.44 bits per heavy atom. The van der Waals surface area contributed by atoms with Gasteiger partial charge >= 0.3 is 17.9 Å². The van der Waals surface area contributed by atoms with Gasteiger partial charge in [0.15, 0.2) is 0 Å². The van der Waals surface area contributed by atoms with Crippen molar-refractivity contribution >= 4 is 17.9 Å². The van der Waals surface area contributed by atoms with E-state index in [1.165, 1.54) is 0 Å². The van der Waals surface area contributed by atoms with Crippen molar-refractivity contribution in [1.29, 1.82) is 0 Å². The van der Waals surface area contributed by atoms with Crippen LogP contribution in [0, 0.1) is 0 Å². The molecule has 0 aromatic heterocycles. The Hall–Kier alpha value is -1.95. The lowest BCUT2D eigenvalue weighted by molar-refractivity contribution is -0.150. The molecule has 0 atom stereocenters. The van der Waals surface area contributed by atoms with Gasteiger partial charge in [0.1, 0.15) is 6.61 Å². The summed E-state index contributed by atoms with van der Waals surface area (Å²) in [5, 5.41) is 8.19. The van der Waals surface area contributed by atoms with E-state index in [1.54, 1.807) is 6.92 Å². The van der Waals surface area contributed by atoms with Crippen LogP contribution >= 0.6 is 0 Å². The third-order valence-corrected chi connectivity index (χ3v) is 1.23. The molecular formula is C10H12O6. The second kappa shape index (κ2) is 7.36. The molecule has 16 heavy (non-hydrogen) atoms. The van der Waals surface area contributed by atoms with Crippen LogP contribution < -0.4 is 0 Å². The molecule has 0 aromatic rings. The first-order chi connectivity index (χ1) is 7.47. The summed E-state index contributed by atoms with van der Waals surface area (Å²) in [5.41, 5.74) is 0.350. The molecule has 0 amide bonds. The van der Waals surface area contributed by atoms with E-state index in [9.17, 15) is 14.4 Å². The topological polar surface area (TPSA) is 89.9 Å².